The van der Waals surface area contributed by atoms with Crippen molar-refractivity contribution in [3.05, 3.63) is 29.7 Å². The summed E-state index contributed by atoms with van der Waals surface area (Å²) in [5.41, 5.74) is 0.905. The smallest absolute Gasteiger partial charge is 0.326 e. The number of carbonyl (C=O) groups excluding carboxylic acids is 2. The number of carboxylic acid groups (broad SMARTS) is 1. The second-order valence-corrected chi connectivity index (χ2v) is 5.90. The van der Waals surface area contributed by atoms with E-state index >= 15 is 0 Å². The molecule has 0 spiro atoms. The highest BCUT2D eigenvalue weighted by Crippen LogP contribution is 2.24. The Hall–Kier alpha value is -2.68. The van der Waals surface area contributed by atoms with E-state index in [0.29, 0.717) is 5.01 Å². The van der Waals surface area contributed by atoms with E-state index in [9.17, 15) is 19.5 Å². The molecule has 2 rings (SSSR count). The maximum Gasteiger partial charge on any atom is 0.326 e. The van der Waals surface area contributed by atoms with Crippen molar-refractivity contribution in [1.29, 1.82) is 0 Å². The second kappa shape index (κ2) is 7.73. The van der Waals surface area contributed by atoms with Crippen molar-refractivity contribution < 1.29 is 23.9 Å². The van der Waals surface area contributed by atoms with Gasteiger partial charge in [-0.2, -0.15) is 0 Å². The zero-order valence-electron chi connectivity index (χ0n) is 13.2. The van der Waals surface area contributed by atoms with Gasteiger partial charge in [-0.3, -0.25) is 9.59 Å². The van der Waals surface area contributed by atoms with Gasteiger partial charge < -0.3 is 19.7 Å². The molecule has 1 atom stereocenters. The van der Waals surface area contributed by atoms with Gasteiger partial charge in [0.1, 0.15) is 23.0 Å². The number of nitrogens with one attached hydrogen (secondary N) is 1. The second-order valence-electron chi connectivity index (χ2n) is 5.05. The number of aliphatic carboxylic acids is 1. The number of carbonyl (C=O) groups is 3. The van der Waals surface area contributed by atoms with E-state index in [1.165, 1.54) is 42.6 Å². The molecular weight excluding hydrogens is 334 g/mol. The summed E-state index contributed by atoms with van der Waals surface area (Å²) in [5, 5.41) is 13.9. The van der Waals surface area contributed by atoms with Crippen molar-refractivity contribution in [3.8, 4) is 10.6 Å². The predicted molar refractivity (Wildman–Crippen MR) is 86.6 cm³/mol. The number of hydrogen-bond donors (Lipinski definition) is 2. The third kappa shape index (κ3) is 4.19. The molecular formula is C15H17N3O5S. The van der Waals surface area contributed by atoms with Gasteiger partial charge in [-0.05, 0) is 13.0 Å². The van der Waals surface area contributed by atoms with Crippen LogP contribution in [0.1, 0.15) is 24.3 Å². The van der Waals surface area contributed by atoms with Crippen LogP contribution in [0.5, 0.6) is 0 Å². The number of hydrogen-bond acceptors (Lipinski definition) is 6. The highest BCUT2D eigenvalue weighted by molar-refractivity contribution is 7.13. The highest BCUT2D eigenvalue weighted by atomic mass is 32.1. The fourth-order valence-corrected chi connectivity index (χ4v) is 2.77. The SMILES string of the molecule is CC(=O)NCCN(C(=O)c1csc(-c2ccoc2)n1)C(C)C(=O)O. The summed E-state index contributed by atoms with van der Waals surface area (Å²) in [6.07, 6.45) is 3.02. The van der Waals surface area contributed by atoms with Gasteiger partial charge in [-0.1, -0.05) is 0 Å². The maximum atomic E-state index is 12.6. The summed E-state index contributed by atoms with van der Waals surface area (Å²) in [6.45, 7) is 3.00. The van der Waals surface area contributed by atoms with Crippen LogP contribution in [0.4, 0.5) is 0 Å². The summed E-state index contributed by atoms with van der Waals surface area (Å²) in [6, 6.07) is 0.687. The molecule has 0 aliphatic carbocycles. The summed E-state index contributed by atoms with van der Waals surface area (Å²) >= 11 is 1.27. The molecule has 2 aromatic rings. The van der Waals surface area contributed by atoms with E-state index in [1.807, 2.05) is 0 Å². The van der Waals surface area contributed by atoms with E-state index in [4.69, 9.17) is 4.42 Å². The molecule has 0 radical (unpaired) electrons. The zero-order chi connectivity index (χ0) is 17.7. The van der Waals surface area contributed by atoms with Gasteiger partial charge in [-0.25, -0.2) is 9.78 Å². The number of thiazole rings is 1. The van der Waals surface area contributed by atoms with Crippen LogP contribution in [-0.2, 0) is 9.59 Å². The number of rotatable bonds is 7. The molecule has 0 aliphatic rings. The topological polar surface area (TPSA) is 113 Å². The maximum absolute atomic E-state index is 12.6. The molecule has 2 aromatic heterocycles. The van der Waals surface area contributed by atoms with Gasteiger partial charge in [0.2, 0.25) is 5.91 Å². The third-order valence-corrected chi connectivity index (χ3v) is 4.20. The van der Waals surface area contributed by atoms with E-state index in [1.54, 1.807) is 11.4 Å². The summed E-state index contributed by atoms with van der Waals surface area (Å²) in [7, 11) is 0. The lowest BCUT2D eigenvalue weighted by molar-refractivity contribution is -0.141. The van der Waals surface area contributed by atoms with Gasteiger partial charge in [0.15, 0.2) is 0 Å². The average molecular weight is 351 g/mol. The first-order chi connectivity index (χ1) is 11.4. The molecule has 0 fully saturated rings. The Balaban J connectivity index is 2.17. The van der Waals surface area contributed by atoms with Crippen molar-refractivity contribution in [1.82, 2.24) is 15.2 Å². The van der Waals surface area contributed by atoms with Gasteiger partial charge >= 0.3 is 5.97 Å². The average Bonchev–Trinajstić information content (AvgIpc) is 3.20. The van der Waals surface area contributed by atoms with Crippen molar-refractivity contribution in [2.75, 3.05) is 13.1 Å². The highest BCUT2D eigenvalue weighted by Gasteiger charge is 2.28. The first-order valence-corrected chi connectivity index (χ1v) is 8.04. The van der Waals surface area contributed by atoms with Crippen LogP contribution in [0.3, 0.4) is 0 Å². The number of furan rings is 1. The van der Waals surface area contributed by atoms with Gasteiger partial charge in [-0.15, -0.1) is 11.3 Å². The molecule has 0 aromatic carbocycles. The van der Waals surface area contributed by atoms with Crippen LogP contribution in [0.25, 0.3) is 10.6 Å². The molecule has 0 saturated carbocycles. The van der Waals surface area contributed by atoms with Crippen LogP contribution < -0.4 is 5.32 Å². The van der Waals surface area contributed by atoms with Gasteiger partial charge in [0.05, 0.1) is 6.26 Å². The van der Waals surface area contributed by atoms with Gasteiger partial charge in [0, 0.05) is 31.0 Å². The third-order valence-electron chi connectivity index (χ3n) is 3.30. The first kappa shape index (κ1) is 17.7. The number of aromatic nitrogens is 1. The number of carboxylic acids is 1. The van der Waals surface area contributed by atoms with Crippen molar-refractivity contribution in [3.63, 3.8) is 0 Å². The number of nitrogens with zero attached hydrogens (tertiary/aromatic N) is 2. The molecule has 2 heterocycles. The minimum Gasteiger partial charge on any atom is -0.480 e. The Morgan fingerprint density at radius 2 is 2.21 bits per heavy atom. The van der Waals surface area contributed by atoms with E-state index < -0.39 is 17.9 Å². The molecule has 1 unspecified atom stereocenters. The Morgan fingerprint density at radius 3 is 2.79 bits per heavy atom. The minimum absolute atomic E-state index is 0.0739. The Bertz CT molecular complexity index is 725. The fraction of sp³-hybridized carbons (Fsp3) is 0.333. The molecule has 2 amide bonds. The fourth-order valence-electron chi connectivity index (χ4n) is 1.99. The van der Waals surface area contributed by atoms with E-state index in [2.05, 4.69) is 10.3 Å². The minimum atomic E-state index is -1.13. The monoisotopic (exact) mass is 351 g/mol. The summed E-state index contributed by atoms with van der Waals surface area (Å²) < 4.78 is 4.98. The van der Waals surface area contributed by atoms with Crippen LogP contribution in [0, 0.1) is 0 Å². The Labute approximate surface area is 142 Å². The van der Waals surface area contributed by atoms with Crippen LogP contribution in [0.2, 0.25) is 0 Å². The molecule has 8 nitrogen and oxygen atoms in total. The molecule has 9 heteroatoms. The van der Waals surface area contributed by atoms with Crippen molar-refractivity contribution in [2.45, 2.75) is 19.9 Å². The van der Waals surface area contributed by atoms with Crippen molar-refractivity contribution in [2.24, 2.45) is 0 Å². The quantitative estimate of drug-likeness (QED) is 0.781. The molecule has 128 valence electrons. The number of amides is 2. The molecule has 24 heavy (non-hydrogen) atoms. The molecule has 0 aliphatic heterocycles. The molecule has 0 bridgehead atoms. The van der Waals surface area contributed by atoms with Gasteiger partial charge in [0.25, 0.3) is 5.91 Å². The van der Waals surface area contributed by atoms with Crippen LogP contribution in [-0.4, -0.2) is 51.9 Å². The lowest BCUT2D eigenvalue weighted by Crippen LogP contribution is -2.46. The summed E-state index contributed by atoms with van der Waals surface area (Å²) in [4.78, 5) is 40.2. The zero-order valence-corrected chi connectivity index (χ0v) is 14.0. The van der Waals surface area contributed by atoms with E-state index in [0.717, 1.165) is 5.56 Å². The van der Waals surface area contributed by atoms with Crippen LogP contribution >= 0.6 is 11.3 Å². The largest absolute Gasteiger partial charge is 0.480 e. The van der Waals surface area contributed by atoms with E-state index in [-0.39, 0.29) is 24.7 Å². The first-order valence-electron chi connectivity index (χ1n) is 7.16. The van der Waals surface area contributed by atoms with Crippen molar-refractivity contribution >= 4 is 29.1 Å². The predicted octanol–water partition coefficient (Wildman–Crippen LogP) is 1.45. The Kier molecular flexibility index (Phi) is 5.69. The standard InChI is InChI=1S/C15H17N3O5S/c1-9(15(21)22)18(5-4-16-10(2)19)14(20)12-8-24-13(17-12)11-3-6-23-7-11/h3,6-9H,4-5H2,1-2H3,(H,16,19)(H,21,22). The lowest BCUT2D eigenvalue weighted by Gasteiger charge is -2.25. The normalized spacial score (nSPS) is 11.8. The molecule has 0 saturated heterocycles. The summed E-state index contributed by atoms with van der Waals surface area (Å²) in [5.74, 6) is -1.88. The molecule has 2 N–H and O–H groups in total. The lowest BCUT2D eigenvalue weighted by atomic mass is 10.2. The Morgan fingerprint density at radius 1 is 1.46 bits per heavy atom. The van der Waals surface area contributed by atoms with Crippen LogP contribution in [0.15, 0.2) is 28.4 Å².